The van der Waals surface area contributed by atoms with Crippen LogP contribution in [0.1, 0.15) is 19.3 Å². The number of likely N-dealkylation sites (tertiary alicyclic amines) is 1. The van der Waals surface area contributed by atoms with Crippen LogP contribution in [0, 0.1) is 5.41 Å². The lowest BCUT2D eigenvalue weighted by Gasteiger charge is -2.34. The molecule has 1 aromatic rings. The molecule has 2 aliphatic heterocycles. The van der Waals surface area contributed by atoms with Crippen molar-refractivity contribution in [3.63, 3.8) is 0 Å². The summed E-state index contributed by atoms with van der Waals surface area (Å²) in [5, 5.41) is 8.31. The van der Waals surface area contributed by atoms with Gasteiger partial charge in [-0.1, -0.05) is 12.1 Å². The first kappa shape index (κ1) is 11.9. The van der Waals surface area contributed by atoms with Crippen molar-refractivity contribution in [2.75, 3.05) is 18.8 Å². The number of hydrogen-bond donors (Lipinski definition) is 1. The maximum absolute atomic E-state index is 8.31. The molecular formula is C14H18N2OS. The van der Waals surface area contributed by atoms with Gasteiger partial charge in [0.05, 0.1) is 0 Å². The number of benzene rings is 1. The quantitative estimate of drug-likeness (QED) is 0.624. The van der Waals surface area contributed by atoms with Gasteiger partial charge in [-0.05, 0) is 31.4 Å². The van der Waals surface area contributed by atoms with Crippen molar-refractivity contribution < 1.29 is 4.74 Å². The van der Waals surface area contributed by atoms with Crippen LogP contribution in [0.3, 0.4) is 0 Å². The topological polar surface area (TPSA) is 36.3 Å². The predicted molar refractivity (Wildman–Crippen MR) is 74.7 cm³/mol. The van der Waals surface area contributed by atoms with Crippen LogP contribution in [0.2, 0.25) is 0 Å². The summed E-state index contributed by atoms with van der Waals surface area (Å²) in [6, 6.07) is 8.11. The zero-order valence-electron chi connectivity index (χ0n) is 10.4. The molecule has 1 atom stereocenters. The molecule has 1 saturated heterocycles. The number of amidine groups is 1. The van der Waals surface area contributed by atoms with Crippen molar-refractivity contribution in [2.45, 2.75) is 30.3 Å². The maximum Gasteiger partial charge on any atom is 0.165 e. The third-order valence-electron chi connectivity index (χ3n) is 3.51. The molecule has 0 spiro atoms. The molecule has 1 fully saturated rings. The van der Waals surface area contributed by atoms with Crippen LogP contribution in [-0.4, -0.2) is 35.7 Å². The van der Waals surface area contributed by atoms with Crippen LogP contribution in [0.15, 0.2) is 29.2 Å². The summed E-state index contributed by atoms with van der Waals surface area (Å²) in [5.41, 5.74) is 0. The zero-order valence-corrected chi connectivity index (χ0v) is 11.2. The Kier molecular flexibility index (Phi) is 3.46. The smallest absolute Gasteiger partial charge is 0.165 e. The highest BCUT2D eigenvalue weighted by Crippen LogP contribution is 2.35. The van der Waals surface area contributed by atoms with Gasteiger partial charge in [0.2, 0.25) is 0 Å². The summed E-state index contributed by atoms with van der Waals surface area (Å²) in [5.74, 6) is 2.45. The van der Waals surface area contributed by atoms with Crippen molar-refractivity contribution in [3.8, 4) is 5.75 Å². The molecule has 18 heavy (non-hydrogen) atoms. The van der Waals surface area contributed by atoms with E-state index in [4.69, 9.17) is 10.1 Å². The van der Waals surface area contributed by atoms with Crippen LogP contribution >= 0.6 is 11.8 Å². The lowest BCUT2D eigenvalue weighted by atomic mass is 10.1. The molecule has 0 aromatic heterocycles. The first-order valence-electron chi connectivity index (χ1n) is 6.56. The highest BCUT2D eigenvalue weighted by molar-refractivity contribution is 7.99. The van der Waals surface area contributed by atoms with Gasteiger partial charge < -0.3 is 9.64 Å². The molecule has 0 bridgehead atoms. The van der Waals surface area contributed by atoms with E-state index in [-0.39, 0.29) is 6.10 Å². The van der Waals surface area contributed by atoms with Gasteiger partial charge in [-0.2, -0.15) is 0 Å². The van der Waals surface area contributed by atoms with Crippen molar-refractivity contribution in [1.82, 2.24) is 4.90 Å². The molecule has 1 unspecified atom stereocenters. The largest absolute Gasteiger partial charge is 0.480 e. The van der Waals surface area contributed by atoms with Crippen molar-refractivity contribution in [3.05, 3.63) is 24.3 Å². The predicted octanol–water partition coefficient (Wildman–Crippen LogP) is 3.00. The fraction of sp³-hybridized carbons (Fsp3) is 0.500. The second-order valence-electron chi connectivity index (χ2n) is 4.80. The lowest BCUT2D eigenvalue weighted by Crippen LogP contribution is -2.45. The number of hydrogen-bond acceptors (Lipinski definition) is 3. The summed E-state index contributed by atoms with van der Waals surface area (Å²) in [6.45, 7) is 2.04. The molecule has 2 aliphatic rings. The van der Waals surface area contributed by atoms with E-state index in [9.17, 15) is 0 Å². The lowest BCUT2D eigenvalue weighted by molar-refractivity contribution is 0.240. The van der Waals surface area contributed by atoms with E-state index in [1.165, 1.54) is 24.2 Å². The normalized spacial score (nSPS) is 23.1. The highest BCUT2D eigenvalue weighted by atomic mass is 32.2. The number of rotatable bonds is 1. The maximum atomic E-state index is 8.31. The SMILES string of the molecule is N=C(C1CSc2ccccc2O1)N1CCCCC1. The van der Waals surface area contributed by atoms with Gasteiger partial charge in [0, 0.05) is 23.7 Å². The Hall–Kier alpha value is -1.16. The van der Waals surface area contributed by atoms with E-state index in [0.29, 0.717) is 5.84 Å². The van der Waals surface area contributed by atoms with Gasteiger partial charge in [0.1, 0.15) is 11.6 Å². The average molecular weight is 262 g/mol. The van der Waals surface area contributed by atoms with E-state index in [0.717, 1.165) is 24.6 Å². The Morgan fingerprint density at radius 3 is 2.83 bits per heavy atom. The monoisotopic (exact) mass is 262 g/mol. The third-order valence-corrected chi connectivity index (χ3v) is 4.63. The summed E-state index contributed by atoms with van der Waals surface area (Å²) >= 11 is 1.80. The van der Waals surface area contributed by atoms with Crippen LogP contribution in [-0.2, 0) is 0 Å². The fourth-order valence-electron chi connectivity index (χ4n) is 2.49. The number of piperidine rings is 1. The molecule has 0 saturated carbocycles. The molecule has 4 heteroatoms. The number of ether oxygens (including phenoxy) is 1. The minimum absolute atomic E-state index is 0.0806. The Labute approximate surface area is 112 Å². The van der Waals surface area contributed by atoms with Crippen LogP contribution in [0.25, 0.3) is 0 Å². The Morgan fingerprint density at radius 1 is 1.22 bits per heavy atom. The van der Waals surface area contributed by atoms with Gasteiger partial charge >= 0.3 is 0 Å². The fourth-order valence-corrected chi connectivity index (χ4v) is 3.48. The van der Waals surface area contributed by atoms with Crippen molar-refractivity contribution in [2.24, 2.45) is 0 Å². The van der Waals surface area contributed by atoms with Gasteiger partial charge in [-0.3, -0.25) is 5.41 Å². The van der Waals surface area contributed by atoms with Crippen LogP contribution < -0.4 is 4.74 Å². The number of para-hydroxylation sites is 1. The third kappa shape index (κ3) is 2.34. The molecule has 2 heterocycles. The molecule has 0 aliphatic carbocycles. The molecular weight excluding hydrogens is 244 g/mol. The number of fused-ring (bicyclic) bond motifs is 1. The second kappa shape index (κ2) is 5.22. The molecule has 3 nitrogen and oxygen atoms in total. The summed E-state index contributed by atoms with van der Waals surface area (Å²) in [7, 11) is 0. The minimum Gasteiger partial charge on any atom is -0.480 e. The molecule has 96 valence electrons. The highest BCUT2D eigenvalue weighted by Gasteiger charge is 2.27. The van der Waals surface area contributed by atoms with E-state index in [1.54, 1.807) is 11.8 Å². The van der Waals surface area contributed by atoms with E-state index in [2.05, 4.69) is 11.0 Å². The first-order chi connectivity index (χ1) is 8.84. The molecule has 0 amide bonds. The number of nitrogens with zero attached hydrogens (tertiary/aromatic N) is 1. The van der Waals surface area contributed by atoms with Crippen LogP contribution in [0.5, 0.6) is 5.75 Å². The van der Waals surface area contributed by atoms with Gasteiger partial charge in [-0.25, -0.2) is 0 Å². The van der Waals surface area contributed by atoms with Gasteiger partial charge in [0.15, 0.2) is 6.10 Å². The Morgan fingerprint density at radius 2 is 2.00 bits per heavy atom. The summed E-state index contributed by atoms with van der Waals surface area (Å²) in [4.78, 5) is 3.38. The van der Waals surface area contributed by atoms with Gasteiger partial charge in [0.25, 0.3) is 0 Å². The number of thioether (sulfide) groups is 1. The molecule has 3 rings (SSSR count). The van der Waals surface area contributed by atoms with Crippen LogP contribution in [0.4, 0.5) is 0 Å². The first-order valence-corrected chi connectivity index (χ1v) is 7.55. The van der Waals surface area contributed by atoms with Crippen molar-refractivity contribution >= 4 is 17.6 Å². The molecule has 1 N–H and O–H groups in total. The minimum atomic E-state index is -0.0806. The van der Waals surface area contributed by atoms with E-state index < -0.39 is 0 Å². The summed E-state index contributed by atoms with van der Waals surface area (Å²) in [6.07, 6.45) is 3.63. The second-order valence-corrected chi connectivity index (χ2v) is 5.86. The Balaban J connectivity index is 1.69. The van der Waals surface area contributed by atoms with E-state index in [1.807, 2.05) is 18.2 Å². The summed E-state index contributed by atoms with van der Waals surface area (Å²) < 4.78 is 5.96. The Bertz CT molecular complexity index is 443. The zero-order chi connectivity index (χ0) is 12.4. The van der Waals surface area contributed by atoms with Crippen molar-refractivity contribution in [1.29, 1.82) is 5.41 Å². The van der Waals surface area contributed by atoms with E-state index >= 15 is 0 Å². The molecule has 1 aromatic carbocycles. The van der Waals surface area contributed by atoms with Gasteiger partial charge in [-0.15, -0.1) is 11.8 Å². The molecule has 0 radical (unpaired) electrons. The standard InChI is InChI=1S/C14H18N2OS/c15-14(16-8-4-1-5-9-16)12-10-18-13-7-3-2-6-11(13)17-12/h2-3,6-7,12,15H,1,4-5,8-10H2. The number of nitrogens with one attached hydrogen (secondary N) is 1. The average Bonchev–Trinajstić information content (AvgIpc) is 2.47.